The van der Waals surface area contributed by atoms with Crippen LogP contribution in [0.1, 0.15) is 10.4 Å². The van der Waals surface area contributed by atoms with Crippen molar-refractivity contribution >= 4 is 27.0 Å². The Hall–Kier alpha value is -1.81. The lowest BCUT2D eigenvalue weighted by Crippen LogP contribution is -2.48. The topological polar surface area (TPSA) is 83.8 Å². The summed E-state index contributed by atoms with van der Waals surface area (Å²) < 4.78 is 27.0. The van der Waals surface area contributed by atoms with Crippen molar-refractivity contribution in [3.63, 3.8) is 0 Å². The molecule has 2 heterocycles. The summed E-state index contributed by atoms with van der Waals surface area (Å²) >= 11 is 1.69. The van der Waals surface area contributed by atoms with Gasteiger partial charge in [0, 0.05) is 49.2 Å². The fourth-order valence-corrected chi connectivity index (χ4v) is 5.04. The van der Waals surface area contributed by atoms with Gasteiger partial charge in [-0.15, -0.1) is 11.3 Å². The summed E-state index contributed by atoms with van der Waals surface area (Å²) in [6.07, 6.45) is 0. The highest BCUT2D eigenvalue weighted by Gasteiger charge is 2.30. The molecular formula is C16H19N3O4S2. The Morgan fingerprint density at radius 1 is 1.20 bits per heavy atom. The van der Waals surface area contributed by atoms with Crippen molar-refractivity contribution in [3.05, 3.63) is 56.3 Å². The van der Waals surface area contributed by atoms with Crippen LogP contribution in [-0.4, -0.2) is 48.7 Å². The number of hydrogen-bond acceptors (Lipinski definition) is 6. The van der Waals surface area contributed by atoms with E-state index in [0.717, 1.165) is 12.6 Å². The third kappa shape index (κ3) is 3.90. The minimum Gasteiger partial charge on any atom is -0.296 e. The zero-order valence-electron chi connectivity index (χ0n) is 13.8. The van der Waals surface area contributed by atoms with Crippen molar-refractivity contribution < 1.29 is 13.3 Å². The normalized spacial score (nSPS) is 16.8. The van der Waals surface area contributed by atoms with Gasteiger partial charge in [-0.3, -0.25) is 15.0 Å². The number of hydrogen-bond donors (Lipinski definition) is 0. The van der Waals surface area contributed by atoms with E-state index in [4.69, 9.17) is 0 Å². The second-order valence-electron chi connectivity index (χ2n) is 5.96. The van der Waals surface area contributed by atoms with Crippen molar-refractivity contribution in [2.24, 2.45) is 0 Å². The van der Waals surface area contributed by atoms with E-state index in [9.17, 15) is 18.5 Å². The maximum Gasteiger partial charge on any atom is 0.273 e. The number of benzene rings is 1. The Morgan fingerprint density at radius 2 is 1.92 bits per heavy atom. The molecule has 2 aromatic rings. The highest BCUT2D eigenvalue weighted by atomic mass is 32.2. The van der Waals surface area contributed by atoms with Crippen LogP contribution in [0.25, 0.3) is 0 Å². The Morgan fingerprint density at radius 3 is 2.52 bits per heavy atom. The summed E-state index contributed by atoms with van der Waals surface area (Å²) in [5.41, 5.74) is 0.280. The number of thiophene rings is 1. The molecule has 0 radical (unpaired) electrons. The summed E-state index contributed by atoms with van der Waals surface area (Å²) in [6.45, 7) is 4.47. The van der Waals surface area contributed by atoms with E-state index in [1.165, 1.54) is 21.3 Å². The minimum absolute atomic E-state index is 0.0171. The van der Waals surface area contributed by atoms with E-state index < -0.39 is 14.9 Å². The summed E-state index contributed by atoms with van der Waals surface area (Å²) in [6, 6.07) is 8.15. The largest absolute Gasteiger partial charge is 0.296 e. The molecule has 0 amide bonds. The van der Waals surface area contributed by atoms with Gasteiger partial charge in [0.1, 0.15) is 0 Å². The first kappa shape index (κ1) is 18.0. The molecule has 0 bridgehead atoms. The lowest BCUT2D eigenvalue weighted by Gasteiger charge is -2.33. The first-order chi connectivity index (χ1) is 11.9. The molecule has 0 saturated carbocycles. The van der Waals surface area contributed by atoms with E-state index >= 15 is 0 Å². The molecule has 1 fully saturated rings. The predicted molar refractivity (Wildman–Crippen MR) is 96.2 cm³/mol. The van der Waals surface area contributed by atoms with Crippen LogP contribution in [-0.2, 0) is 16.6 Å². The summed E-state index contributed by atoms with van der Waals surface area (Å²) in [7, 11) is -3.72. The Balaban J connectivity index is 1.71. The average Bonchev–Trinajstić information content (AvgIpc) is 3.08. The van der Waals surface area contributed by atoms with Gasteiger partial charge in [0.2, 0.25) is 10.0 Å². The SMILES string of the molecule is Cc1ccc(S(=O)(=O)N2CCN(Cc3cccs3)CC2)cc1[N+](=O)[O-]. The summed E-state index contributed by atoms with van der Waals surface area (Å²) in [5.74, 6) is 0. The van der Waals surface area contributed by atoms with Crippen molar-refractivity contribution in [1.82, 2.24) is 9.21 Å². The van der Waals surface area contributed by atoms with E-state index in [2.05, 4.69) is 11.0 Å². The van der Waals surface area contributed by atoms with Gasteiger partial charge in [-0.05, 0) is 24.4 Å². The minimum atomic E-state index is -3.72. The Labute approximate surface area is 150 Å². The number of aryl methyl sites for hydroxylation is 1. The van der Waals surface area contributed by atoms with Crippen molar-refractivity contribution in [2.75, 3.05) is 26.2 Å². The number of piperazine rings is 1. The van der Waals surface area contributed by atoms with E-state index in [1.807, 2.05) is 11.4 Å². The van der Waals surface area contributed by atoms with Crippen LogP contribution in [0.5, 0.6) is 0 Å². The first-order valence-corrected chi connectivity index (χ1v) is 10.2. The zero-order valence-corrected chi connectivity index (χ0v) is 15.4. The second-order valence-corrected chi connectivity index (χ2v) is 8.94. The Bertz CT molecular complexity index is 858. The molecule has 0 N–H and O–H groups in total. The van der Waals surface area contributed by atoms with E-state index in [-0.39, 0.29) is 10.6 Å². The maximum atomic E-state index is 12.8. The van der Waals surface area contributed by atoms with Crippen LogP contribution < -0.4 is 0 Å². The van der Waals surface area contributed by atoms with Gasteiger partial charge >= 0.3 is 0 Å². The third-order valence-corrected chi connectivity index (χ3v) is 7.06. The molecule has 3 rings (SSSR count). The lowest BCUT2D eigenvalue weighted by molar-refractivity contribution is -0.385. The van der Waals surface area contributed by atoms with Crippen molar-refractivity contribution in [1.29, 1.82) is 0 Å². The quantitative estimate of drug-likeness (QED) is 0.587. The standard InChI is InChI=1S/C16H19N3O4S2/c1-13-4-5-15(11-16(13)19(20)21)25(22,23)18-8-6-17(7-9-18)12-14-3-2-10-24-14/h2-5,10-11H,6-9,12H2,1H3. The number of rotatable bonds is 5. The molecule has 1 saturated heterocycles. The second kappa shape index (κ2) is 7.20. The first-order valence-electron chi connectivity index (χ1n) is 7.88. The molecule has 9 heteroatoms. The molecule has 1 aromatic heterocycles. The van der Waals surface area contributed by atoms with Crippen molar-refractivity contribution in [3.8, 4) is 0 Å². The predicted octanol–water partition coefficient (Wildman–Crippen LogP) is 2.47. The van der Waals surface area contributed by atoms with Crippen molar-refractivity contribution in [2.45, 2.75) is 18.4 Å². The molecule has 7 nitrogen and oxygen atoms in total. The molecule has 0 unspecified atom stereocenters. The van der Waals surface area contributed by atoms with Gasteiger partial charge in [0.25, 0.3) is 5.69 Å². The molecule has 0 atom stereocenters. The van der Waals surface area contributed by atoms with Gasteiger partial charge < -0.3 is 0 Å². The molecule has 25 heavy (non-hydrogen) atoms. The van der Waals surface area contributed by atoms with Gasteiger partial charge in [-0.25, -0.2) is 8.42 Å². The van der Waals surface area contributed by atoms with Crippen LogP contribution in [0, 0.1) is 17.0 Å². The highest BCUT2D eigenvalue weighted by molar-refractivity contribution is 7.89. The van der Waals surface area contributed by atoms with Gasteiger partial charge in [0.05, 0.1) is 9.82 Å². The smallest absolute Gasteiger partial charge is 0.273 e. The Kier molecular flexibility index (Phi) is 5.19. The fourth-order valence-electron chi connectivity index (χ4n) is 2.85. The molecule has 1 aliphatic rings. The number of nitro groups is 1. The van der Waals surface area contributed by atoms with Crippen LogP contribution in [0.4, 0.5) is 5.69 Å². The van der Waals surface area contributed by atoms with Crippen LogP contribution in [0.15, 0.2) is 40.6 Å². The maximum absolute atomic E-state index is 12.8. The number of nitrogens with zero attached hydrogens (tertiary/aromatic N) is 3. The molecule has 1 aliphatic heterocycles. The van der Waals surface area contributed by atoms with Gasteiger partial charge in [0.15, 0.2) is 0 Å². The monoisotopic (exact) mass is 381 g/mol. The number of nitro benzene ring substituents is 1. The van der Waals surface area contributed by atoms with E-state index in [0.29, 0.717) is 31.7 Å². The van der Waals surface area contributed by atoms with Gasteiger partial charge in [-0.1, -0.05) is 12.1 Å². The third-order valence-electron chi connectivity index (χ3n) is 4.31. The fraction of sp³-hybridized carbons (Fsp3) is 0.375. The lowest BCUT2D eigenvalue weighted by atomic mass is 10.2. The number of sulfonamides is 1. The molecule has 134 valence electrons. The van der Waals surface area contributed by atoms with Crippen LogP contribution >= 0.6 is 11.3 Å². The highest BCUT2D eigenvalue weighted by Crippen LogP contribution is 2.25. The molecular weight excluding hydrogens is 362 g/mol. The molecule has 0 spiro atoms. The molecule has 1 aromatic carbocycles. The summed E-state index contributed by atoms with van der Waals surface area (Å²) in [4.78, 5) is 14.0. The van der Waals surface area contributed by atoms with Crippen LogP contribution in [0.3, 0.4) is 0 Å². The van der Waals surface area contributed by atoms with E-state index in [1.54, 1.807) is 18.3 Å². The zero-order chi connectivity index (χ0) is 18.0. The van der Waals surface area contributed by atoms with Crippen LogP contribution in [0.2, 0.25) is 0 Å². The molecule has 0 aliphatic carbocycles. The van der Waals surface area contributed by atoms with Gasteiger partial charge in [-0.2, -0.15) is 4.31 Å². The summed E-state index contributed by atoms with van der Waals surface area (Å²) in [5, 5.41) is 13.1. The average molecular weight is 381 g/mol.